The van der Waals surface area contributed by atoms with Gasteiger partial charge >= 0.3 is 0 Å². The molecule has 1 aromatic heterocycles. The second-order valence-corrected chi connectivity index (χ2v) is 5.15. The van der Waals surface area contributed by atoms with Gasteiger partial charge in [0.2, 0.25) is 0 Å². The SMILES string of the molecule is [CH2]CC(N1CCCCC1)n1ccc2ccccc21. The normalized spacial score (nSPS) is 19.2. The van der Waals surface area contributed by atoms with Gasteiger partial charge in [-0.2, -0.15) is 0 Å². The van der Waals surface area contributed by atoms with Crippen LogP contribution in [0.1, 0.15) is 31.8 Å². The molecular formula is C16H21N2. The van der Waals surface area contributed by atoms with Gasteiger partial charge in [0, 0.05) is 24.8 Å². The predicted molar refractivity (Wildman–Crippen MR) is 76.4 cm³/mol. The maximum atomic E-state index is 4.16. The largest absolute Gasteiger partial charge is 0.331 e. The minimum absolute atomic E-state index is 0.421. The zero-order valence-corrected chi connectivity index (χ0v) is 10.9. The Balaban J connectivity index is 1.95. The van der Waals surface area contributed by atoms with Gasteiger partial charge in [-0.05, 0) is 43.7 Å². The number of hydrogen-bond acceptors (Lipinski definition) is 1. The topological polar surface area (TPSA) is 8.17 Å². The number of likely N-dealkylation sites (tertiary alicyclic amines) is 1. The molecule has 1 saturated heterocycles. The molecule has 0 spiro atoms. The lowest BCUT2D eigenvalue weighted by Crippen LogP contribution is -2.36. The van der Waals surface area contributed by atoms with Crippen LogP contribution in [0.5, 0.6) is 0 Å². The second-order valence-electron chi connectivity index (χ2n) is 5.15. The third-order valence-electron chi connectivity index (χ3n) is 4.02. The lowest BCUT2D eigenvalue weighted by Gasteiger charge is -2.35. The average molecular weight is 241 g/mol. The smallest absolute Gasteiger partial charge is 0.0864 e. The average Bonchev–Trinajstić information content (AvgIpc) is 2.85. The molecule has 0 saturated carbocycles. The molecule has 1 fully saturated rings. The van der Waals surface area contributed by atoms with Crippen molar-refractivity contribution in [2.75, 3.05) is 13.1 Å². The Morgan fingerprint density at radius 1 is 1.06 bits per heavy atom. The van der Waals surface area contributed by atoms with Crippen LogP contribution >= 0.6 is 0 Å². The molecule has 1 atom stereocenters. The van der Waals surface area contributed by atoms with Gasteiger partial charge in [-0.1, -0.05) is 24.6 Å². The summed E-state index contributed by atoms with van der Waals surface area (Å²) in [6, 6.07) is 10.8. The Hall–Kier alpha value is -1.28. The maximum absolute atomic E-state index is 4.16. The highest BCUT2D eigenvalue weighted by Gasteiger charge is 2.21. The fourth-order valence-electron chi connectivity index (χ4n) is 3.08. The summed E-state index contributed by atoms with van der Waals surface area (Å²) < 4.78 is 2.40. The molecule has 2 nitrogen and oxygen atoms in total. The van der Waals surface area contributed by atoms with Crippen molar-refractivity contribution in [3.05, 3.63) is 43.5 Å². The highest BCUT2D eigenvalue weighted by molar-refractivity contribution is 5.80. The molecule has 18 heavy (non-hydrogen) atoms. The molecule has 3 rings (SSSR count). The first-order valence-electron chi connectivity index (χ1n) is 6.99. The van der Waals surface area contributed by atoms with Crippen molar-refractivity contribution in [1.82, 2.24) is 9.47 Å². The van der Waals surface area contributed by atoms with Gasteiger partial charge in [0.05, 0.1) is 6.17 Å². The standard InChI is InChI=1S/C16H21N2/c1-2-16(17-11-6-3-7-12-17)18-13-10-14-8-4-5-9-15(14)18/h4-5,8-10,13,16H,1-3,6-7,11-12H2. The first kappa shape index (κ1) is 11.8. The minimum atomic E-state index is 0.421. The highest BCUT2D eigenvalue weighted by Crippen LogP contribution is 2.27. The number of aromatic nitrogens is 1. The minimum Gasteiger partial charge on any atom is -0.331 e. The molecule has 95 valence electrons. The summed E-state index contributed by atoms with van der Waals surface area (Å²) in [6.07, 6.45) is 7.61. The molecule has 1 radical (unpaired) electrons. The van der Waals surface area contributed by atoms with Crippen molar-refractivity contribution in [3.63, 3.8) is 0 Å². The van der Waals surface area contributed by atoms with E-state index >= 15 is 0 Å². The van der Waals surface area contributed by atoms with E-state index in [0.717, 1.165) is 6.42 Å². The third-order valence-corrected chi connectivity index (χ3v) is 4.02. The summed E-state index contributed by atoms with van der Waals surface area (Å²) in [4.78, 5) is 2.59. The van der Waals surface area contributed by atoms with E-state index in [1.807, 2.05) is 0 Å². The lowest BCUT2D eigenvalue weighted by molar-refractivity contribution is 0.117. The molecule has 0 N–H and O–H groups in total. The van der Waals surface area contributed by atoms with E-state index in [-0.39, 0.29) is 0 Å². The zero-order valence-electron chi connectivity index (χ0n) is 10.9. The van der Waals surface area contributed by atoms with Gasteiger partial charge in [-0.25, -0.2) is 0 Å². The number of nitrogens with zero attached hydrogens (tertiary/aromatic N) is 2. The van der Waals surface area contributed by atoms with Gasteiger partial charge in [0.1, 0.15) is 0 Å². The molecule has 1 aliphatic rings. The van der Waals surface area contributed by atoms with Gasteiger partial charge in [-0.3, -0.25) is 4.90 Å². The van der Waals surface area contributed by atoms with E-state index in [9.17, 15) is 0 Å². The molecule has 0 aliphatic carbocycles. The number of piperidine rings is 1. The van der Waals surface area contributed by atoms with Crippen LogP contribution in [0.4, 0.5) is 0 Å². The fraction of sp³-hybridized carbons (Fsp3) is 0.438. The van der Waals surface area contributed by atoms with E-state index in [1.165, 1.54) is 43.3 Å². The van der Waals surface area contributed by atoms with E-state index in [4.69, 9.17) is 0 Å². The Kier molecular flexibility index (Phi) is 3.37. The van der Waals surface area contributed by atoms with Crippen LogP contribution in [-0.4, -0.2) is 22.6 Å². The van der Waals surface area contributed by atoms with Crippen LogP contribution < -0.4 is 0 Å². The monoisotopic (exact) mass is 241 g/mol. The molecule has 1 unspecified atom stereocenters. The first-order valence-corrected chi connectivity index (χ1v) is 6.99. The van der Waals surface area contributed by atoms with E-state index in [2.05, 4.69) is 52.9 Å². The van der Waals surface area contributed by atoms with Crippen LogP contribution in [0.15, 0.2) is 36.5 Å². The number of fused-ring (bicyclic) bond motifs is 1. The fourth-order valence-corrected chi connectivity index (χ4v) is 3.08. The Labute approximate surface area is 109 Å². The highest BCUT2D eigenvalue weighted by atomic mass is 15.3. The number of rotatable bonds is 3. The van der Waals surface area contributed by atoms with Gasteiger partial charge in [0.25, 0.3) is 0 Å². The van der Waals surface area contributed by atoms with Crippen molar-refractivity contribution in [3.8, 4) is 0 Å². The first-order chi connectivity index (χ1) is 8.90. The summed E-state index contributed by atoms with van der Waals surface area (Å²) in [5, 5.41) is 1.33. The van der Waals surface area contributed by atoms with Gasteiger partial charge in [-0.15, -0.1) is 0 Å². The van der Waals surface area contributed by atoms with Crippen molar-refractivity contribution in [1.29, 1.82) is 0 Å². The Bertz CT molecular complexity index is 509. The third kappa shape index (κ3) is 2.05. The molecule has 1 aromatic carbocycles. The van der Waals surface area contributed by atoms with Crippen LogP contribution in [0.3, 0.4) is 0 Å². The Morgan fingerprint density at radius 2 is 1.83 bits per heavy atom. The molecular weight excluding hydrogens is 220 g/mol. The molecule has 0 amide bonds. The van der Waals surface area contributed by atoms with Crippen molar-refractivity contribution < 1.29 is 0 Å². The molecule has 2 heteroatoms. The summed E-state index contributed by atoms with van der Waals surface area (Å²) in [5.41, 5.74) is 1.33. The van der Waals surface area contributed by atoms with Crippen molar-refractivity contribution >= 4 is 10.9 Å². The summed E-state index contributed by atoms with van der Waals surface area (Å²) in [7, 11) is 0. The number of benzene rings is 1. The van der Waals surface area contributed by atoms with Crippen LogP contribution in [0.25, 0.3) is 10.9 Å². The van der Waals surface area contributed by atoms with Crippen LogP contribution in [-0.2, 0) is 0 Å². The Morgan fingerprint density at radius 3 is 2.61 bits per heavy atom. The molecule has 2 aromatic rings. The summed E-state index contributed by atoms with van der Waals surface area (Å²) in [6.45, 7) is 6.59. The quantitative estimate of drug-likeness (QED) is 0.792. The number of para-hydroxylation sites is 1. The number of hydrogen-bond donors (Lipinski definition) is 0. The summed E-state index contributed by atoms with van der Waals surface area (Å²) >= 11 is 0. The van der Waals surface area contributed by atoms with E-state index in [1.54, 1.807) is 0 Å². The summed E-state index contributed by atoms with van der Waals surface area (Å²) in [5.74, 6) is 0. The molecule has 1 aliphatic heterocycles. The van der Waals surface area contributed by atoms with Crippen molar-refractivity contribution in [2.45, 2.75) is 31.8 Å². The van der Waals surface area contributed by atoms with Gasteiger partial charge in [0.15, 0.2) is 0 Å². The van der Waals surface area contributed by atoms with Crippen LogP contribution in [0.2, 0.25) is 0 Å². The van der Waals surface area contributed by atoms with Gasteiger partial charge < -0.3 is 4.57 Å². The van der Waals surface area contributed by atoms with Crippen molar-refractivity contribution in [2.24, 2.45) is 0 Å². The zero-order chi connectivity index (χ0) is 12.4. The van der Waals surface area contributed by atoms with Crippen LogP contribution in [0, 0.1) is 6.92 Å². The van der Waals surface area contributed by atoms with E-state index < -0.39 is 0 Å². The maximum Gasteiger partial charge on any atom is 0.0864 e. The molecule has 2 heterocycles. The lowest BCUT2D eigenvalue weighted by atomic mass is 10.1. The van der Waals surface area contributed by atoms with E-state index in [0.29, 0.717) is 6.17 Å². The molecule has 0 bridgehead atoms. The predicted octanol–water partition coefficient (Wildman–Crippen LogP) is 3.85. The second kappa shape index (κ2) is 5.15.